The van der Waals surface area contributed by atoms with Crippen LogP contribution in [0.3, 0.4) is 0 Å². The van der Waals surface area contributed by atoms with E-state index in [2.05, 4.69) is 18.2 Å². The van der Waals surface area contributed by atoms with Gasteiger partial charge in [-0.3, -0.25) is 9.36 Å². The number of fused-ring (bicyclic) bond motifs is 3. The summed E-state index contributed by atoms with van der Waals surface area (Å²) in [6.45, 7) is 0.281. The fourth-order valence-corrected chi connectivity index (χ4v) is 6.83. The molecule has 6 heteroatoms. The fourth-order valence-electron chi connectivity index (χ4n) is 5.68. The lowest BCUT2D eigenvalue weighted by molar-refractivity contribution is 0.475. The maximum Gasteiger partial charge on any atom is 0.336 e. The van der Waals surface area contributed by atoms with E-state index < -0.39 is 0 Å². The summed E-state index contributed by atoms with van der Waals surface area (Å²) in [6.07, 6.45) is 3.24. The molecule has 0 fully saturated rings. The van der Waals surface area contributed by atoms with Gasteiger partial charge >= 0.3 is 5.69 Å². The number of hydrogen-bond donors (Lipinski definition) is 1. The van der Waals surface area contributed by atoms with Crippen molar-refractivity contribution in [3.8, 4) is 21.9 Å². The summed E-state index contributed by atoms with van der Waals surface area (Å²) in [7, 11) is 0. The third-order valence-corrected chi connectivity index (χ3v) is 8.66. The Balaban J connectivity index is 1.53. The van der Waals surface area contributed by atoms with E-state index in [9.17, 15) is 14.7 Å². The number of benzene rings is 4. The first-order valence-corrected chi connectivity index (χ1v) is 13.6. The molecule has 0 bridgehead atoms. The lowest BCUT2D eigenvalue weighted by Crippen LogP contribution is -2.38. The third kappa shape index (κ3) is 3.60. The monoisotopic (exact) mass is 516 g/mol. The van der Waals surface area contributed by atoms with Gasteiger partial charge in [-0.25, -0.2) is 9.36 Å². The number of hydrogen-bond acceptors (Lipinski definition) is 4. The van der Waals surface area contributed by atoms with E-state index in [4.69, 9.17) is 0 Å². The Hall–Kier alpha value is -4.42. The summed E-state index contributed by atoms with van der Waals surface area (Å²) in [4.78, 5) is 29.2. The van der Waals surface area contributed by atoms with Crippen LogP contribution in [0.2, 0.25) is 0 Å². The van der Waals surface area contributed by atoms with Crippen molar-refractivity contribution in [1.82, 2.24) is 9.13 Å². The van der Waals surface area contributed by atoms with Crippen molar-refractivity contribution < 1.29 is 5.11 Å². The van der Waals surface area contributed by atoms with Gasteiger partial charge in [0.15, 0.2) is 0 Å². The summed E-state index contributed by atoms with van der Waals surface area (Å²) in [5.74, 6) is 0.169. The van der Waals surface area contributed by atoms with Crippen LogP contribution < -0.4 is 11.2 Å². The SMILES string of the molecule is O=c1c2sc(-c3cccc4c3CCC4)cc2n(Cc2ccc(O)cc2)c(=O)n1-c1cccc2ccccc12. The standard InChI is InChI=1S/C32H24N2O3S/c35-23-16-14-20(15-17-23)19-33-28-18-29(26-12-4-8-21-7-3-11-24(21)26)38-30(28)31(36)34(32(33)37)27-13-5-9-22-6-1-2-10-25(22)27/h1-2,4-6,8-10,12-18,35H,3,7,11,19H2. The van der Waals surface area contributed by atoms with Crippen LogP contribution in [0.4, 0.5) is 0 Å². The molecule has 2 aromatic heterocycles. The van der Waals surface area contributed by atoms with Gasteiger partial charge in [0.2, 0.25) is 0 Å². The zero-order valence-corrected chi connectivity index (χ0v) is 21.4. The third-order valence-electron chi connectivity index (χ3n) is 7.52. The van der Waals surface area contributed by atoms with Crippen molar-refractivity contribution in [3.63, 3.8) is 0 Å². The van der Waals surface area contributed by atoms with E-state index in [1.165, 1.54) is 27.0 Å². The summed E-state index contributed by atoms with van der Waals surface area (Å²) < 4.78 is 3.57. The molecule has 5 nitrogen and oxygen atoms in total. The quantitative estimate of drug-likeness (QED) is 0.300. The first-order chi connectivity index (χ1) is 18.6. The summed E-state index contributed by atoms with van der Waals surface area (Å²) in [5.41, 5.74) is 5.27. The van der Waals surface area contributed by atoms with Crippen molar-refractivity contribution in [2.24, 2.45) is 0 Å². The van der Waals surface area contributed by atoms with Gasteiger partial charge in [0.1, 0.15) is 10.4 Å². The van der Waals surface area contributed by atoms with E-state index in [-0.39, 0.29) is 23.5 Å². The Bertz CT molecular complexity index is 1970. The van der Waals surface area contributed by atoms with Crippen molar-refractivity contribution in [1.29, 1.82) is 0 Å². The predicted molar refractivity (Wildman–Crippen MR) is 154 cm³/mol. The topological polar surface area (TPSA) is 64.2 Å². The second-order valence-corrected chi connectivity index (χ2v) is 10.8. The Labute approximate surface area is 222 Å². The van der Waals surface area contributed by atoms with Gasteiger partial charge in [-0.15, -0.1) is 11.3 Å². The average Bonchev–Trinajstić information content (AvgIpc) is 3.60. The highest BCUT2D eigenvalue weighted by Crippen LogP contribution is 2.38. The van der Waals surface area contributed by atoms with Crippen molar-refractivity contribution in [2.45, 2.75) is 25.8 Å². The van der Waals surface area contributed by atoms with Gasteiger partial charge < -0.3 is 5.11 Å². The van der Waals surface area contributed by atoms with Gasteiger partial charge in [-0.1, -0.05) is 66.7 Å². The van der Waals surface area contributed by atoms with Crippen LogP contribution in [-0.4, -0.2) is 14.2 Å². The molecule has 0 amide bonds. The number of phenolic OH excluding ortho intramolecular Hbond substituents is 1. The Morgan fingerprint density at radius 1 is 0.842 bits per heavy atom. The van der Waals surface area contributed by atoms with Gasteiger partial charge in [0.05, 0.1) is 17.7 Å². The number of phenols is 1. The summed E-state index contributed by atoms with van der Waals surface area (Å²) in [6, 6.07) is 28.7. The van der Waals surface area contributed by atoms with Crippen molar-refractivity contribution in [2.75, 3.05) is 0 Å². The van der Waals surface area contributed by atoms with E-state index >= 15 is 0 Å². The highest BCUT2D eigenvalue weighted by Gasteiger charge is 2.22. The molecule has 0 saturated heterocycles. The van der Waals surface area contributed by atoms with E-state index in [0.29, 0.717) is 15.9 Å². The first kappa shape index (κ1) is 22.8. The maximum atomic E-state index is 14.1. The van der Waals surface area contributed by atoms with Crippen molar-refractivity contribution >= 4 is 32.3 Å². The van der Waals surface area contributed by atoms with E-state index in [0.717, 1.165) is 46.0 Å². The Kier molecular flexibility index (Phi) is 5.30. The largest absolute Gasteiger partial charge is 0.508 e. The van der Waals surface area contributed by atoms with Crippen LogP contribution in [0.15, 0.2) is 101 Å². The average molecular weight is 517 g/mol. The lowest BCUT2D eigenvalue weighted by atomic mass is 10.0. The van der Waals surface area contributed by atoms with Crippen LogP contribution in [0.25, 0.3) is 37.1 Å². The molecule has 186 valence electrons. The van der Waals surface area contributed by atoms with Gasteiger partial charge in [-0.2, -0.15) is 0 Å². The van der Waals surface area contributed by atoms with Crippen molar-refractivity contribution in [3.05, 3.63) is 129 Å². The number of nitrogens with zero attached hydrogens (tertiary/aromatic N) is 2. The van der Waals surface area contributed by atoms with Crippen LogP contribution in [0, 0.1) is 0 Å². The molecule has 1 N–H and O–H groups in total. The first-order valence-electron chi connectivity index (χ1n) is 12.7. The highest BCUT2D eigenvalue weighted by atomic mass is 32.1. The number of aryl methyl sites for hydroxylation is 1. The van der Waals surface area contributed by atoms with Crippen LogP contribution in [0.1, 0.15) is 23.1 Å². The minimum Gasteiger partial charge on any atom is -0.508 e. The zero-order chi connectivity index (χ0) is 25.8. The lowest BCUT2D eigenvalue weighted by Gasteiger charge is -2.14. The van der Waals surface area contributed by atoms with Crippen LogP contribution >= 0.6 is 11.3 Å². The smallest absolute Gasteiger partial charge is 0.336 e. The molecular weight excluding hydrogens is 492 g/mol. The maximum absolute atomic E-state index is 14.1. The molecule has 0 atom stereocenters. The number of thiophene rings is 1. The second-order valence-electron chi connectivity index (χ2n) is 9.80. The number of aromatic hydroxyl groups is 1. The predicted octanol–water partition coefficient (Wildman–Crippen LogP) is 6.28. The Morgan fingerprint density at radius 3 is 2.50 bits per heavy atom. The van der Waals surface area contributed by atoms with Gasteiger partial charge in [-0.05, 0) is 71.2 Å². The second kappa shape index (κ2) is 8.85. The summed E-state index contributed by atoms with van der Waals surface area (Å²) in [5, 5.41) is 11.6. The van der Waals surface area contributed by atoms with E-state index in [1.54, 1.807) is 28.8 Å². The number of aromatic nitrogens is 2. The zero-order valence-electron chi connectivity index (χ0n) is 20.6. The minimum atomic E-state index is -0.380. The molecule has 0 saturated carbocycles. The molecule has 2 heterocycles. The molecule has 7 rings (SSSR count). The molecule has 6 aromatic rings. The molecule has 1 aliphatic carbocycles. The molecule has 38 heavy (non-hydrogen) atoms. The van der Waals surface area contributed by atoms with Crippen LogP contribution in [-0.2, 0) is 19.4 Å². The molecule has 0 radical (unpaired) electrons. The highest BCUT2D eigenvalue weighted by molar-refractivity contribution is 7.22. The molecule has 0 unspecified atom stereocenters. The molecule has 4 aromatic carbocycles. The van der Waals surface area contributed by atoms with Gasteiger partial charge in [0.25, 0.3) is 5.56 Å². The van der Waals surface area contributed by atoms with Gasteiger partial charge in [0, 0.05) is 10.3 Å². The summed E-state index contributed by atoms with van der Waals surface area (Å²) >= 11 is 1.46. The molecule has 1 aliphatic rings. The Morgan fingerprint density at radius 2 is 1.63 bits per heavy atom. The minimum absolute atomic E-state index is 0.169. The van der Waals surface area contributed by atoms with E-state index in [1.807, 2.05) is 48.5 Å². The van der Waals surface area contributed by atoms with Crippen LogP contribution in [0.5, 0.6) is 5.75 Å². The fraction of sp³-hybridized carbons (Fsp3) is 0.125. The molecule has 0 spiro atoms. The number of rotatable bonds is 4. The molecular formula is C32H24N2O3S. The normalized spacial score (nSPS) is 12.8. The molecule has 0 aliphatic heterocycles.